The first-order valence-electron chi connectivity index (χ1n) is 6.24. The number of benzene rings is 2. The van der Waals surface area contributed by atoms with E-state index in [1.165, 1.54) is 17.8 Å². The molecule has 0 aliphatic rings. The van der Waals surface area contributed by atoms with Gasteiger partial charge >= 0.3 is 0 Å². The van der Waals surface area contributed by atoms with Crippen molar-refractivity contribution in [1.82, 2.24) is 5.32 Å². The molecule has 0 saturated carbocycles. The van der Waals surface area contributed by atoms with Crippen molar-refractivity contribution in [1.29, 1.82) is 0 Å². The van der Waals surface area contributed by atoms with E-state index in [0.29, 0.717) is 16.3 Å². The molecule has 0 aliphatic heterocycles. The molecular formula is C15H14ClFN2OS. The highest BCUT2D eigenvalue weighted by atomic mass is 35.5. The highest BCUT2D eigenvalue weighted by Gasteiger charge is 2.07. The quantitative estimate of drug-likeness (QED) is 0.654. The number of nitrogen functional groups attached to an aromatic ring is 1. The average molecular weight is 325 g/mol. The van der Waals surface area contributed by atoms with Gasteiger partial charge in [-0.15, -0.1) is 11.8 Å². The number of thioether (sulfide) groups is 1. The van der Waals surface area contributed by atoms with Crippen LogP contribution in [0.25, 0.3) is 0 Å². The Labute approximate surface area is 131 Å². The standard InChI is InChI=1S/C15H14ClFN2OS/c16-11-5-6-14(13(18)7-11)21-9-15(20)19-8-10-3-1-2-4-12(10)17/h1-7H,8-9,18H2,(H,19,20). The van der Waals surface area contributed by atoms with Crippen LogP contribution in [0.2, 0.25) is 5.02 Å². The van der Waals surface area contributed by atoms with Gasteiger partial charge in [0.2, 0.25) is 5.91 Å². The van der Waals surface area contributed by atoms with Crippen LogP contribution in [0.4, 0.5) is 10.1 Å². The van der Waals surface area contributed by atoms with Crippen molar-refractivity contribution in [3.63, 3.8) is 0 Å². The van der Waals surface area contributed by atoms with Crippen molar-refractivity contribution in [2.75, 3.05) is 11.5 Å². The monoisotopic (exact) mass is 324 g/mol. The number of nitrogens with one attached hydrogen (secondary N) is 1. The first-order chi connectivity index (χ1) is 10.1. The van der Waals surface area contributed by atoms with Gasteiger partial charge in [0, 0.05) is 27.7 Å². The molecule has 2 rings (SSSR count). The molecule has 0 bridgehead atoms. The summed E-state index contributed by atoms with van der Waals surface area (Å²) in [4.78, 5) is 12.6. The molecule has 0 heterocycles. The van der Waals surface area contributed by atoms with Crippen LogP contribution in [0.1, 0.15) is 5.56 Å². The van der Waals surface area contributed by atoms with E-state index in [9.17, 15) is 9.18 Å². The third-order valence-electron chi connectivity index (χ3n) is 2.76. The minimum Gasteiger partial charge on any atom is -0.398 e. The molecule has 0 fully saturated rings. The van der Waals surface area contributed by atoms with E-state index in [0.717, 1.165) is 4.90 Å². The van der Waals surface area contributed by atoms with Crippen LogP contribution in [-0.4, -0.2) is 11.7 Å². The van der Waals surface area contributed by atoms with Crippen LogP contribution in [0.5, 0.6) is 0 Å². The average Bonchev–Trinajstić information content (AvgIpc) is 2.45. The predicted octanol–water partition coefficient (Wildman–Crippen LogP) is 3.47. The smallest absolute Gasteiger partial charge is 0.230 e. The number of anilines is 1. The third-order valence-corrected chi connectivity index (χ3v) is 4.09. The lowest BCUT2D eigenvalue weighted by atomic mass is 10.2. The van der Waals surface area contributed by atoms with Crippen molar-refractivity contribution in [3.8, 4) is 0 Å². The maximum atomic E-state index is 13.4. The summed E-state index contributed by atoms with van der Waals surface area (Å²) in [7, 11) is 0. The largest absolute Gasteiger partial charge is 0.398 e. The number of amides is 1. The van der Waals surface area contributed by atoms with E-state index in [2.05, 4.69) is 5.32 Å². The zero-order chi connectivity index (χ0) is 15.2. The van der Waals surface area contributed by atoms with Gasteiger partial charge in [-0.1, -0.05) is 29.8 Å². The van der Waals surface area contributed by atoms with Crippen molar-refractivity contribution in [3.05, 3.63) is 58.9 Å². The first-order valence-corrected chi connectivity index (χ1v) is 7.60. The van der Waals surface area contributed by atoms with Gasteiger partial charge in [-0.05, 0) is 24.3 Å². The van der Waals surface area contributed by atoms with Crippen LogP contribution in [-0.2, 0) is 11.3 Å². The number of carbonyl (C=O) groups excluding carboxylic acids is 1. The molecule has 3 N–H and O–H groups in total. The molecule has 0 spiro atoms. The molecule has 0 unspecified atom stereocenters. The van der Waals surface area contributed by atoms with Crippen molar-refractivity contribution >= 4 is 35.0 Å². The normalized spacial score (nSPS) is 10.4. The van der Waals surface area contributed by atoms with Gasteiger partial charge in [0.15, 0.2) is 0 Å². The molecule has 2 aromatic rings. The minimum atomic E-state index is -0.326. The minimum absolute atomic E-state index is 0.169. The molecule has 21 heavy (non-hydrogen) atoms. The topological polar surface area (TPSA) is 55.1 Å². The summed E-state index contributed by atoms with van der Waals surface area (Å²) in [6, 6.07) is 11.5. The number of carbonyl (C=O) groups is 1. The summed E-state index contributed by atoms with van der Waals surface area (Å²) in [6.07, 6.45) is 0. The Morgan fingerprint density at radius 1 is 1.29 bits per heavy atom. The third kappa shape index (κ3) is 4.65. The van der Waals surface area contributed by atoms with Crippen LogP contribution in [0.3, 0.4) is 0 Å². The number of nitrogens with two attached hydrogens (primary N) is 1. The summed E-state index contributed by atoms with van der Waals surface area (Å²) in [6.45, 7) is 0.169. The Hall–Kier alpha value is -1.72. The van der Waals surface area contributed by atoms with E-state index in [1.807, 2.05) is 0 Å². The Bertz CT molecular complexity index is 651. The number of halogens is 2. The molecule has 0 radical (unpaired) electrons. The lowest BCUT2D eigenvalue weighted by molar-refractivity contribution is -0.118. The molecule has 0 aliphatic carbocycles. The molecule has 0 atom stereocenters. The summed E-state index contributed by atoms with van der Waals surface area (Å²) >= 11 is 7.12. The molecule has 2 aromatic carbocycles. The summed E-state index contributed by atoms with van der Waals surface area (Å²) < 4.78 is 13.4. The fraction of sp³-hybridized carbons (Fsp3) is 0.133. The molecular weight excluding hydrogens is 311 g/mol. The second kappa shape index (κ2) is 7.33. The highest BCUT2D eigenvalue weighted by Crippen LogP contribution is 2.27. The molecule has 0 aromatic heterocycles. The lowest BCUT2D eigenvalue weighted by Crippen LogP contribution is -2.25. The molecule has 110 valence electrons. The summed E-state index contributed by atoms with van der Waals surface area (Å²) in [5.74, 6) is -0.301. The number of hydrogen-bond acceptors (Lipinski definition) is 3. The molecule has 1 amide bonds. The zero-order valence-electron chi connectivity index (χ0n) is 11.1. The molecule has 3 nitrogen and oxygen atoms in total. The maximum absolute atomic E-state index is 13.4. The number of hydrogen-bond donors (Lipinski definition) is 2. The van der Waals surface area contributed by atoms with Gasteiger partial charge < -0.3 is 11.1 Å². The van der Waals surface area contributed by atoms with Crippen LogP contribution in [0, 0.1) is 5.82 Å². The Balaban J connectivity index is 1.84. The van der Waals surface area contributed by atoms with E-state index in [4.69, 9.17) is 17.3 Å². The Morgan fingerprint density at radius 2 is 2.05 bits per heavy atom. The van der Waals surface area contributed by atoms with Crippen molar-refractivity contribution in [2.24, 2.45) is 0 Å². The van der Waals surface area contributed by atoms with Gasteiger partial charge in [-0.25, -0.2) is 4.39 Å². The fourth-order valence-electron chi connectivity index (χ4n) is 1.68. The van der Waals surface area contributed by atoms with Gasteiger partial charge in [-0.3, -0.25) is 4.79 Å². The van der Waals surface area contributed by atoms with Gasteiger partial charge in [-0.2, -0.15) is 0 Å². The summed E-state index contributed by atoms with van der Waals surface area (Å²) in [5.41, 5.74) is 6.80. The van der Waals surface area contributed by atoms with Crippen LogP contribution < -0.4 is 11.1 Å². The SMILES string of the molecule is Nc1cc(Cl)ccc1SCC(=O)NCc1ccccc1F. The first kappa shape index (κ1) is 15.7. The van der Waals surface area contributed by atoms with Crippen molar-refractivity contribution < 1.29 is 9.18 Å². The highest BCUT2D eigenvalue weighted by molar-refractivity contribution is 8.00. The van der Waals surface area contributed by atoms with Gasteiger partial charge in [0.1, 0.15) is 5.82 Å². The Morgan fingerprint density at radius 3 is 2.76 bits per heavy atom. The predicted molar refractivity (Wildman–Crippen MR) is 84.8 cm³/mol. The second-order valence-electron chi connectivity index (χ2n) is 4.34. The lowest BCUT2D eigenvalue weighted by Gasteiger charge is -2.07. The van der Waals surface area contributed by atoms with Crippen LogP contribution in [0.15, 0.2) is 47.4 Å². The summed E-state index contributed by atoms with van der Waals surface area (Å²) in [5, 5.41) is 3.23. The van der Waals surface area contributed by atoms with E-state index in [-0.39, 0.29) is 24.0 Å². The van der Waals surface area contributed by atoms with E-state index in [1.54, 1.807) is 36.4 Å². The van der Waals surface area contributed by atoms with E-state index < -0.39 is 0 Å². The van der Waals surface area contributed by atoms with Gasteiger partial charge in [0.25, 0.3) is 0 Å². The number of rotatable bonds is 5. The molecule has 0 saturated heterocycles. The van der Waals surface area contributed by atoms with Crippen molar-refractivity contribution in [2.45, 2.75) is 11.4 Å². The fourth-order valence-corrected chi connectivity index (χ4v) is 2.64. The maximum Gasteiger partial charge on any atom is 0.230 e. The van der Waals surface area contributed by atoms with E-state index >= 15 is 0 Å². The second-order valence-corrected chi connectivity index (χ2v) is 5.79. The molecule has 6 heteroatoms. The van der Waals surface area contributed by atoms with Gasteiger partial charge in [0.05, 0.1) is 5.75 Å². The van der Waals surface area contributed by atoms with Crippen LogP contribution >= 0.6 is 23.4 Å². The zero-order valence-corrected chi connectivity index (χ0v) is 12.7. The Kier molecular flexibility index (Phi) is 5.47.